The van der Waals surface area contributed by atoms with E-state index in [9.17, 15) is 13.5 Å². The van der Waals surface area contributed by atoms with Crippen molar-refractivity contribution in [3.63, 3.8) is 0 Å². The number of aliphatic hydroxyl groups is 1. The zero-order chi connectivity index (χ0) is 13.3. The Balaban J connectivity index is 2.34. The van der Waals surface area contributed by atoms with Crippen molar-refractivity contribution in [1.29, 1.82) is 0 Å². The predicted octanol–water partition coefficient (Wildman–Crippen LogP) is 1.97. The van der Waals surface area contributed by atoms with E-state index < -0.39 is 10.0 Å². The summed E-state index contributed by atoms with van der Waals surface area (Å²) in [5, 5.41) is 11.1. The van der Waals surface area contributed by atoms with Gasteiger partial charge in [0.2, 0.25) is 10.0 Å². The largest absolute Gasteiger partial charge is 0.391 e. The molecule has 6 heteroatoms. The van der Waals surface area contributed by atoms with Gasteiger partial charge in [-0.05, 0) is 30.2 Å². The van der Waals surface area contributed by atoms with E-state index in [1.807, 2.05) is 0 Å². The highest BCUT2D eigenvalue weighted by atomic mass is 32.2. The van der Waals surface area contributed by atoms with Crippen LogP contribution in [0.5, 0.6) is 0 Å². The topological polar surface area (TPSA) is 57.6 Å². The molecule has 0 saturated carbocycles. The van der Waals surface area contributed by atoms with Crippen molar-refractivity contribution in [2.45, 2.75) is 38.2 Å². The maximum atomic E-state index is 12.6. The number of rotatable bonds is 4. The van der Waals surface area contributed by atoms with Crippen LogP contribution in [0.2, 0.25) is 0 Å². The Kier molecular flexibility index (Phi) is 4.11. The Morgan fingerprint density at radius 3 is 2.83 bits per heavy atom. The molecule has 1 aromatic heterocycles. The average molecular weight is 289 g/mol. The minimum Gasteiger partial charge on any atom is -0.391 e. The zero-order valence-corrected chi connectivity index (χ0v) is 12.4. The Bertz CT molecular complexity index is 521. The first-order chi connectivity index (χ1) is 8.50. The van der Waals surface area contributed by atoms with Crippen LogP contribution in [0.15, 0.2) is 10.3 Å². The highest BCUT2D eigenvalue weighted by molar-refractivity contribution is 7.89. The zero-order valence-electron chi connectivity index (χ0n) is 10.7. The molecule has 4 nitrogen and oxygen atoms in total. The van der Waals surface area contributed by atoms with Crippen LogP contribution < -0.4 is 0 Å². The van der Waals surface area contributed by atoms with Gasteiger partial charge in [0.1, 0.15) is 4.90 Å². The molecular weight excluding hydrogens is 270 g/mol. The summed E-state index contributed by atoms with van der Waals surface area (Å²) in [5.41, 5.74) is 0.740. The fraction of sp³-hybridized carbons (Fsp3) is 0.667. The summed E-state index contributed by atoms with van der Waals surface area (Å²) < 4.78 is 26.7. The van der Waals surface area contributed by atoms with Crippen molar-refractivity contribution < 1.29 is 13.5 Å². The minimum atomic E-state index is -3.43. The summed E-state index contributed by atoms with van der Waals surface area (Å²) in [4.78, 5) is 0.874. The molecule has 0 aromatic carbocycles. The van der Waals surface area contributed by atoms with Gasteiger partial charge >= 0.3 is 0 Å². The lowest BCUT2D eigenvalue weighted by Gasteiger charge is -2.17. The smallest absolute Gasteiger partial charge is 0.244 e. The second-order valence-corrected chi connectivity index (χ2v) is 7.59. The van der Waals surface area contributed by atoms with E-state index in [-0.39, 0.29) is 6.61 Å². The fourth-order valence-electron chi connectivity index (χ4n) is 2.42. The van der Waals surface area contributed by atoms with Gasteiger partial charge in [-0.1, -0.05) is 13.3 Å². The summed E-state index contributed by atoms with van der Waals surface area (Å²) in [6.07, 6.45) is 1.95. The van der Waals surface area contributed by atoms with Crippen LogP contribution in [-0.2, 0) is 16.6 Å². The third-order valence-corrected chi connectivity index (χ3v) is 6.87. The van der Waals surface area contributed by atoms with Crippen molar-refractivity contribution in [3.05, 3.63) is 15.8 Å². The highest BCUT2D eigenvalue weighted by Gasteiger charge is 2.34. The van der Waals surface area contributed by atoms with Gasteiger partial charge < -0.3 is 5.11 Å². The molecule has 1 N–H and O–H groups in total. The molecule has 1 fully saturated rings. The van der Waals surface area contributed by atoms with Crippen LogP contribution in [0, 0.1) is 12.8 Å². The first-order valence-corrected chi connectivity index (χ1v) is 8.50. The maximum Gasteiger partial charge on any atom is 0.244 e. The lowest BCUT2D eigenvalue weighted by molar-refractivity contribution is 0.282. The van der Waals surface area contributed by atoms with E-state index >= 15 is 0 Å². The molecule has 0 aliphatic carbocycles. The van der Waals surface area contributed by atoms with E-state index in [2.05, 4.69) is 6.92 Å². The normalized spacial score (nSPS) is 21.6. The minimum absolute atomic E-state index is 0.210. The van der Waals surface area contributed by atoms with Crippen molar-refractivity contribution in [1.82, 2.24) is 4.31 Å². The predicted molar refractivity (Wildman–Crippen MR) is 72.1 cm³/mol. The molecule has 0 bridgehead atoms. The van der Waals surface area contributed by atoms with Gasteiger partial charge in [-0.2, -0.15) is 4.31 Å². The number of nitrogens with zero attached hydrogens (tertiary/aromatic N) is 1. The van der Waals surface area contributed by atoms with Gasteiger partial charge in [-0.25, -0.2) is 8.42 Å². The number of aryl methyl sites for hydroxylation is 1. The first-order valence-electron chi connectivity index (χ1n) is 6.18. The van der Waals surface area contributed by atoms with Crippen molar-refractivity contribution in [3.8, 4) is 0 Å². The molecule has 1 atom stereocenters. The number of hydrogen-bond donors (Lipinski definition) is 1. The Morgan fingerprint density at radius 2 is 2.28 bits per heavy atom. The molecule has 1 unspecified atom stereocenters. The van der Waals surface area contributed by atoms with Gasteiger partial charge in [0.15, 0.2) is 0 Å². The molecule has 1 saturated heterocycles. The summed E-state index contributed by atoms with van der Waals surface area (Å²) in [7, 11) is -3.43. The fourth-order valence-corrected chi connectivity index (χ4v) is 5.56. The molecule has 0 spiro atoms. The SMILES string of the molecule is CCC1CCN(S(=O)(=O)c2c(C)csc2CO)C1. The van der Waals surface area contributed by atoms with Crippen LogP contribution in [0.1, 0.15) is 30.2 Å². The molecule has 2 heterocycles. The van der Waals surface area contributed by atoms with Crippen molar-refractivity contribution in [2.75, 3.05) is 13.1 Å². The third kappa shape index (κ3) is 2.34. The number of thiophene rings is 1. The molecule has 1 aromatic rings. The van der Waals surface area contributed by atoms with Crippen LogP contribution in [-0.4, -0.2) is 30.9 Å². The molecule has 1 aliphatic rings. The summed E-state index contributed by atoms with van der Waals surface area (Å²) in [6.45, 7) is 4.88. The van der Waals surface area contributed by atoms with Gasteiger partial charge in [0, 0.05) is 13.1 Å². The molecule has 102 valence electrons. The van der Waals surface area contributed by atoms with E-state index in [1.54, 1.807) is 16.6 Å². The van der Waals surface area contributed by atoms with Gasteiger partial charge in [0.05, 0.1) is 11.5 Å². The molecule has 0 amide bonds. The molecule has 1 aliphatic heterocycles. The number of aliphatic hydroxyl groups excluding tert-OH is 1. The summed E-state index contributed by atoms with van der Waals surface area (Å²) in [6, 6.07) is 0. The molecule has 18 heavy (non-hydrogen) atoms. The molecule has 2 rings (SSSR count). The van der Waals surface area contributed by atoms with E-state index in [1.165, 1.54) is 11.3 Å². The van der Waals surface area contributed by atoms with Crippen LogP contribution in [0.25, 0.3) is 0 Å². The van der Waals surface area contributed by atoms with Crippen LogP contribution in [0.3, 0.4) is 0 Å². The van der Waals surface area contributed by atoms with Crippen molar-refractivity contribution >= 4 is 21.4 Å². The van der Waals surface area contributed by atoms with Crippen LogP contribution >= 0.6 is 11.3 Å². The second-order valence-electron chi connectivity index (χ2n) is 4.76. The van der Waals surface area contributed by atoms with E-state index in [0.29, 0.717) is 28.8 Å². The lowest BCUT2D eigenvalue weighted by Crippen LogP contribution is -2.29. The van der Waals surface area contributed by atoms with E-state index in [0.717, 1.165) is 18.4 Å². The Labute approximate surface area is 112 Å². The van der Waals surface area contributed by atoms with Gasteiger partial charge in [-0.3, -0.25) is 0 Å². The summed E-state index contributed by atoms with van der Waals surface area (Å²) >= 11 is 1.31. The lowest BCUT2D eigenvalue weighted by atomic mass is 10.1. The van der Waals surface area contributed by atoms with Crippen LogP contribution in [0.4, 0.5) is 0 Å². The highest BCUT2D eigenvalue weighted by Crippen LogP contribution is 2.32. The van der Waals surface area contributed by atoms with Crippen molar-refractivity contribution in [2.24, 2.45) is 5.92 Å². The molecule has 0 radical (unpaired) electrons. The maximum absolute atomic E-state index is 12.6. The standard InChI is InChI=1S/C12H19NO3S2/c1-3-10-4-5-13(6-10)18(15,16)12-9(2)8-17-11(12)7-14/h8,10,14H,3-7H2,1-2H3. The average Bonchev–Trinajstić information content (AvgIpc) is 2.95. The van der Waals surface area contributed by atoms with Gasteiger partial charge in [0.25, 0.3) is 0 Å². The quantitative estimate of drug-likeness (QED) is 0.922. The Hall–Kier alpha value is -0.430. The Morgan fingerprint density at radius 1 is 1.56 bits per heavy atom. The molecular formula is C12H19NO3S2. The van der Waals surface area contributed by atoms with Gasteiger partial charge in [-0.15, -0.1) is 11.3 Å². The second kappa shape index (κ2) is 5.28. The monoisotopic (exact) mass is 289 g/mol. The number of hydrogen-bond acceptors (Lipinski definition) is 4. The first kappa shape index (κ1) is 14.0. The van der Waals surface area contributed by atoms with E-state index in [4.69, 9.17) is 0 Å². The summed E-state index contributed by atoms with van der Waals surface area (Å²) in [5.74, 6) is 0.469. The number of sulfonamides is 1. The third-order valence-electron chi connectivity index (χ3n) is 3.56.